The molecule has 1 atom stereocenters. The third-order valence-electron chi connectivity index (χ3n) is 5.35. The largest absolute Gasteiger partial charge is 0.338 e. The first-order valence-electron chi connectivity index (χ1n) is 8.74. The van der Waals surface area contributed by atoms with E-state index < -0.39 is 0 Å². The molecule has 2 aliphatic heterocycles. The summed E-state index contributed by atoms with van der Waals surface area (Å²) in [6.07, 6.45) is 1.96. The first-order valence-corrected chi connectivity index (χ1v) is 9.89. The SMILES string of the molecule is C[C@H]1CSCCN1C(=O)C1(C)CCN(Cc2ccccc2)CC1. The van der Waals surface area contributed by atoms with Crippen LogP contribution in [0.2, 0.25) is 0 Å². The van der Waals surface area contributed by atoms with Crippen molar-refractivity contribution in [3.05, 3.63) is 35.9 Å². The Morgan fingerprint density at radius 2 is 1.91 bits per heavy atom. The summed E-state index contributed by atoms with van der Waals surface area (Å²) >= 11 is 1.97. The molecule has 1 aromatic rings. The van der Waals surface area contributed by atoms with E-state index in [1.54, 1.807) is 0 Å². The van der Waals surface area contributed by atoms with E-state index in [-0.39, 0.29) is 5.41 Å². The molecule has 23 heavy (non-hydrogen) atoms. The molecule has 0 N–H and O–H groups in total. The van der Waals surface area contributed by atoms with Gasteiger partial charge in [-0.05, 0) is 38.4 Å². The molecule has 2 fully saturated rings. The number of piperidine rings is 1. The lowest BCUT2D eigenvalue weighted by Gasteiger charge is -2.44. The third-order valence-corrected chi connectivity index (χ3v) is 6.54. The molecule has 2 aliphatic rings. The summed E-state index contributed by atoms with van der Waals surface area (Å²) in [6, 6.07) is 11.0. The van der Waals surface area contributed by atoms with E-state index in [4.69, 9.17) is 0 Å². The monoisotopic (exact) mass is 332 g/mol. The highest BCUT2D eigenvalue weighted by Crippen LogP contribution is 2.35. The van der Waals surface area contributed by atoms with Gasteiger partial charge >= 0.3 is 0 Å². The highest BCUT2D eigenvalue weighted by molar-refractivity contribution is 7.99. The molecule has 126 valence electrons. The smallest absolute Gasteiger partial charge is 0.228 e. The zero-order chi connectivity index (χ0) is 16.3. The van der Waals surface area contributed by atoms with Gasteiger partial charge in [-0.25, -0.2) is 0 Å². The second-order valence-corrected chi connectivity index (χ2v) is 8.39. The Balaban J connectivity index is 1.57. The quantitative estimate of drug-likeness (QED) is 0.849. The molecule has 2 heterocycles. The van der Waals surface area contributed by atoms with Crippen LogP contribution in [-0.2, 0) is 11.3 Å². The van der Waals surface area contributed by atoms with Crippen LogP contribution in [0, 0.1) is 5.41 Å². The predicted molar refractivity (Wildman–Crippen MR) is 97.6 cm³/mol. The van der Waals surface area contributed by atoms with E-state index in [2.05, 4.69) is 54.0 Å². The van der Waals surface area contributed by atoms with Crippen LogP contribution in [0.5, 0.6) is 0 Å². The normalized spacial score (nSPS) is 25.3. The van der Waals surface area contributed by atoms with Gasteiger partial charge in [-0.1, -0.05) is 37.3 Å². The van der Waals surface area contributed by atoms with Crippen LogP contribution in [0.4, 0.5) is 0 Å². The molecule has 0 aliphatic carbocycles. The number of thioether (sulfide) groups is 1. The Morgan fingerprint density at radius 1 is 1.22 bits per heavy atom. The van der Waals surface area contributed by atoms with Crippen molar-refractivity contribution in [2.75, 3.05) is 31.1 Å². The van der Waals surface area contributed by atoms with E-state index in [0.29, 0.717) is 11.9 Å². The molecule has 3 nitrogen and oxygen atoms in total. The van der Waals surface area contributed by atoms with Crippen LogP contribution in [0.1, 0.15) is 32.3 Å². The maximum Gasteiger partial charge on any atom is 0.228 e. The minimum absolute atomic E-state index is 0.163. The van der Waals surface area contributed by atoms with Gasteiger partial charge in [0.2, 0.25) is 5.91 Å². The second kappa shape index (κ2) is 7.27. The fourth-order valence-corrected chi connectivity index (χ4v) is 4.65. The van der Waals surface area contributed by atoms with Gasteiger partial charge in [-0.3, -0.25) is 9.69 Å². The predicted octanol–water partition coefficient (Wildman–Crippen LogP) is 3.25. The van der Waals surface area contributed by atoms with Gasteiger partial charge in [-0.2, -0.15) is 11.8 Å². The number of nitrogens with zero attached hydrogens (tertiary/aromatic N) is 2. The highest BCUT2D eigenvalue weighted by atomic mass is 32.2. The molecule has 1 aromatic carbocycles. The lowest BCUT2D eigenvalue weighted by Crippen LogP contribution is -2.53. The van der Waals surface area contributed by atoms with E-state index >= 15 is 0 Å². The summed E-state index contributed by atoms with van der Waals surface area (Å²) in [5.74, 6) is 2.57. The molecule has 0 unspecified atom stereocenters. The fourth-order valence-electron chi connectivity index (χ4n) is 3.64. The van der Waals surface area contributed by atoms with Gasteiger partial charge in [0.1, 0.15) is 0 Å². The Labute approximate surface area is 144 Å². The van der Waals surface area contributed by atoms with Crippen molar-refractivity contribution in [2.45, 2.75) is 39.3 Å². The van der Waals surface area contributed by atoms with E-state index in [1.165, 1.54) is 5.56 Å². The average molecular weight is 333 g/mol. The van der Waals surface area contributed by atoms with Crippen molar-refractivity contribution in [1.82, 2.24) is 9.80 Å². The van der Waals surface area contributed by atoms with Crippen LogP contribution in [-0.4, -0.2) is 52.9 Å². The van der Waals surface area contributed by atoms with Crippen molar-refractivity contribution in [2.24, 2.45) is 5.41 Å². The third kappa shape index (κ3) is 3.92. The van der Waals surface area contributed by atoms with Crippen molar-refractivity contribution < 1.29 is 4.79 Å². The van der Waals surface area contributed by atoms with E-state index in [1.807, 2.05) is 11.8 Å². The Bertz CT molecular complexity index is 525. The van der Waals surface area contributed by atoms with Crippen molar-refractivity contribution >= 4 is 17.7 Å². The highest BCUT2D eigenvalue weighted by Gasteiger charge is 2.41. The number of benzene rings is 1. The van der Waals surface area contributed by atoms with Gasteiger partial charge in [0.05, 0.1) is 0 Å². The number of amides is 1. The number of carbonyl (C=O) groups excluding carboxylic acids is 1. The number of likely N-dealkylation sites (tertiary alicyclic amines) is 1. The number of hydrogen-bond donors (Lipinski definition) is 0. The van der Waals surface area contributed by atoms with E-state index in [9.17, 15) is 4.79 Å². The first-order chi connectivity index (χ1) is 11.1. The number of hydrogen-bond acceptors (Lipinski definition) is 3. The minimum atomic E-state index is -0.163. The molecule has 2 saturated heterocycles. The van der Waals surface area contributed by atoms with Crippen LogP contribution in [0.25, 0.3) is 0 Å². The summed E-state index contributed by atoms with van der Waals surface area (Å²) in [5, 5.41) is 0. The number of rotatable bonds is 3. The van der Waals surface area contributed by atoms with E-state index in [0.717, 1.165) is 50.5 Å². The molecule has 1 amide bonds. The topological polar surface area (TPSA) is 23.6 Å². The molecule has 4 heteroatoms. The van der Waals surface area contributed by atoms with Gasteiger partial charge < -0.3 is 4.90 Å². The van der Waals surface area contributed by atoms with Crippen LogP contribution < -0.4 is 0 Å². The van der Waals surface area contributed by atoms with Crippen molar-refractivity contribution in [1.29, 1.82) is 0 Å². The molecule has 0 radical (unpaired) electrons. The van der Waals surface area contributed by atoms with Gasteiger partial charge in [0.15, 0.2) is 0 Å². The maximum atomic E-state index is 13.0. The summed E-state index contributed by atoms with van der Waals surface area (Å²) in [4.78, 5) is 17.7. The Hall–Kier alpha value is -1.00. The summed E-state index contributed by atoms with van der Waals surface area (Å²) in [7, 11) is 0. The Kier molecular flexibility index (Phi) is 5.32. The molecule has 0 saturated carbocycles. The lowest BCUT2D eigenvalue weighted by molar-refractivity contribution is -0.145. The molecule has 3 rings (SSSR count). The molecule has 0 bridgehead atoms. The zero-order valence-electron chi connectivity index (χ0n) is 14.3. The van der Waals surface area contributed by atoms with Gasteiger partial charge in [0, 0.05) is 36.1 Å². The minimum Gasteiger partial charge on any atom is -0.338 e. The van der Waals surface area contributed by atoms with Gasteiger partial charge in [0.25, 0.3) is 0 Å². The molecular formula is C19H28N2OS. The second-order valence-electron chi connectivity index (χ2n) is 7.24. The summed E-state index contributed by atoms with van der Waals surface area (Å²) in [5.41, 5.74) is 1.20. The standard InChI is InChI=1S/C19H28N2OS/c1-16-15-23-13-12-21(16)18(22)19(2)8-10-20(11-9-19)14-17-6-4-3-5-7-17/h3-7,16H,8-15H2,1-2H3/t16-/m0/s1. The molecule has 0 aromatic heterocycles. The first kappa shape index (κ1) is 16.8. The summed E-state index contributed by atoms with van der Waals surface area (Å²) < 4.78 is 0. The van der Waals surface area contributed by atoms with Crippen molar-refractivity contribution in [3.63, 3.8) is 0 Å². The van der Waals surface area contributed by atoms with Crippen LogP contribution in [0.3, 0.4) is 0 Å². The Morgan fingerprint density at radius 3 is 2.57 bits per heavy atom. The van der Waals surface area contributed by atoms with Crippen LogP contribution >= 0.6 is 11.8 Å². The van der Waals surface area contributed by atoms with Crippen molar-refractivity contribution in [3.8, 4) is 0 Å². The zero-order valence-corrected chi connectivity index (χ0v) is 15.1. The fraction of sp³-hybridized carbons (Fsp3) is 0.632. The van der Waals surface area contributed by atoms with Gasteiger partial charge in [-0.15, -0.1) is 0 Å². The molecule has 0 spiro atoms. The number of carbonyl (C=O) groups is 1. The lowest BCUT2D eigenvalue weighted by atomic mass is 9.78. The summed E-state index contributed by atoms with van der Waals surface area (Å²) in [6.45, 7) is 8.35. The van der Waals surface area contributed by atoms with Crippen LogP contribution in [0.15, 0.2) is 30.3 Å². The molecular weight excluding hydrogens is 304 g/mol. The maximum absolute atomic E-state index is 13.0. The average Bonchev–Trinajstić information content (AvgIpc) is 2.58.